The smallest absolute Gasteiger partial charge is 0.269 e. The summed E-state index contributed by atoms with van der Waals surface area (Å²) in [6.45, 7) is 2.64. The van der Waals surface area contributed by atoms with Crippen molar-refractivity contribution in [2.75, 3.05) is 18.5 Å². The number of aryl methyl sites for hydroxylation is 1. The first-order valence-corrected chi connectivity index (χ1v) is 7.26. The highest BCUT2D eigenvalue weighted by atomic mass is 16.6. The van der Waals surface area contributed by atoms with E-state index in [1.165, 1.54) is 11.6 Å². The lowest BCUT2D eigenvalue weighted by Gasteiger charge is -2.18. The maximum Gasteiger partial charge on any atom is 0.269 e. The summed E-state index contributed by atoms with van der Waals surface area (Å²) < 4.78 is 0. The van der Waals surface area contributed by atoms with Crippen molar-refractivity contribution in [3.63, 3.8) is 0 Å². The van der Waals surface area contributed by atoms with Crippen molar-refractivity contribution in [2.45, 2.75) is 19.3 Å². The minimum Gasteiger partial charge on any atom is -0.396 e. The monoisotopic (exact) mass is 300 g/mol. The molecule has 1 atom stereocenters. The Morgan fingerprint density at radius 2 is 1.95 bits per heavy atom. The second kappa shape index (κ2) is 7.56. The van der Waals surface area contributed by atoms with Gasteiger partial charge >= 0.3 is 0 Å². The van der Waals surface area contributed by atoms with Crippen LogP contribution in [-0.4, -0.2) is 23.2 Å². The van der Waals surface area contributed by atoms with E-state index in [-0.39, 0.29) is 18.2 Å². The number of non-ortho nitro benzene ring substituents is 1. The molecule has 0 saturated carbocycles. The molecule has 0 radical (unpaired) electrons. The van der Waals surface area contributed by atoms with Crippen molar-refractivity contribution < 1.29 is 10.0 Å². The van der Waals surface area contributed by atoms with Gasteiger partial charge in [0.25, 0.3) is 5.69 Å². The van der Waals surface area contributed by atoms with Crippen LogP contribution in [-0.2, 0) is 0 Å². The van der Waals surface area contributed by atoms with Gasteiger partial charge in [0.1, 0.15) is 0 Å². The molecular weight excluding hydrogens is 280 g/mol. The number of nitrogens with one attached hydrogen (secondary N) is 1. The van der Waals surface area contributed by atoms with Crippen LogP contribution in [0.15, 0.2) is 48.5 Å². The van der Waals surface area contributed by atoms with Gasteiger partial charge in [0, 0.05) is 36.9 Å². The van der Waals surface area contributed by atoms with Crippen molar-refractivity contribution in [1.29, 1.82) is 0 Å². The second-order valence-corrected chi connectivity index (χ2v) is 5.26. The Hall–Kier alpha value is -2.40. The van der Waals surface area contributed by atoms with Crippen LogP contribution in [0.5, 0.6) is 0 Å². The molecule has 0 bridgehead atoms. The van der Waals surface area contributed by atoms with Gasteiger partial charge in [-0.05, 0) is 30.5 Å². The first kappa shape index (κ1) is 16.0. The van der Waals surface area contributed by atoms with E-state index in [2.05, 4.69) is 5.32 Å². The maximum absolute atomic E-state index is 10.8. The standard InChI is InChI=1S/C17H20N2O3/c1-13-11-16(19(21)22)7-8-17(13)18-12-15(9-10-20)14-5-3-2-4-6-14/h2-8,11,15,18,20H,9-10,12H2,1H3. The molecule has 0 aliphatic carbocycles. The van der Waals surface area contributed by atoms with Crippen LogP contribution in [0.2, 0.25) is 0 Å². The second-order valence-electron chi connectivity index (χ2n) is 5.26. The lowest BCUT2D eigenvalue weighted by molar-refractivity contribution is -0.384. The Balaban J connectivity index is 2.08. The molecule has 0 spiro atoms. The number of anilines is 1. The zero-order chi connectivity index (χ0) is 15.9. The summed E-state index contributed by atoms with van der Waals surface area (Å²) >= 11 is 0. The van der Waals surface area contributed by atoms with Crippen molar-refractivity contribution in [1.82, 2.24) is 0 Å². The van der Waals surface area contributed by atoms with Gasteiger partial charge in [-0.3, -0.25) is 10.1 Å². The minimum atomic E-state index is -0.394. The number of rotatable bonds is 7. The zero-order valence-corrected chi connectivity index (χ0v) is 12.5. The van der Waals surface area contributed by atoms with Crippen LogP contribution in [0, 0.1) is 17.0 Å². The summed E-state index contributed by atoms with van der Waals surface area (Å²) in [6.07, 6.45) is 0.670. The van der Waals surface area contributed by atoms with Crippen LogP contribution in [0.1, 0.15) is 23.5 Å². The molecule has 2 rings (SSSR count). The number of nitrogens with zero attached hydrogens (tertiary/aromatic N) is 1. The molecule has 0 aliphatic heterocycles. The minimum absolute atomic E-state index is 0.0954. The van der Waals surface area contributed by atoms with Gasteiger partial charge in [0.2, 0.25) is 0 Å². The summed E-state index contributed by atoms with van der Waals surface area (Å²) in [5.41, 5.74) is 2.98. The summed E-state index contributed by atoms with van der Waals surface area (Å²) in [7, 11) is 0. The topological polar surface area (TPSA) is 75.4 Å². The number of hydrogen-bond donors (Lipinski definition) is 2. The van der Waals surface area contributed by atoms with Gasteiger partial charge in [0.05, 0.1) is 4.92 Å². The molecule has 2 N–H and O–H groups in total. The number of nitro benzene ring substituents is 1. The number of nitro groups is 1. The molecule has 0 heterocycles. The molecule has 5 nitrogen and oxygen atoms in total. The molecule has 0 aromatic heterocycles. The fraction of sp³-hybridized carbons (Fsp3) is 0.294. The van der Waals surface area contributed by atoms with Gasteiger partial charge in [0.15, 0.2) is 0 Å². The molecule has 0 aliphatic rings. The van der Waals surface area contributed by atoms with Gasteiger partial charge in [-0.2, -0.15) is 0 Å². The van der Waals surface area contributed by atoms with Gasteiger partial charge in [-0.1, -0.05) is 30.3 Å². The van der Waals surface area contributed by atoms with E-state index in [4.69, 9.17) is 0 Å². The molecule has 1 unspecified atom stereocenters. The average molecular weight is 300 g/mol. The molecule has 116 valence electrons. The van der Waals surface area contributed by atoms with Crippen molar-refractivity contribution >= 4 is 11.4 Å². The molecule has 2 aromatic carbocycles. The summed E-state index contributed by atoms with van der Waals surface area (Å²) in [4.78, 5) is 10.4. The van der Waals surface area contributed by atoms with E-state index in [1.807, 2.05) is 37.3 Å². The van der Waals surface area contributed by atoms with Crippen LogP contribution in [0.25, 0.3) is 0 Å². The van der Waals surface area contributed by atoms with E-state index in [0.29, 0.717) is 13.0 Å². The quantitative estimate of drug-likeness (QED) is 0.606. The normalized spacial score (nSPS) is 11.9. The largest absolute Gasteiger partial charge is 0.396 e. The summed E-state index contributed by atoms with van der Waals surface area (Å²) in [6, 6.07) is 14.8. The highest BCUT2D eigenvalue weighted by Crippen LogP contribution is 2.24. The van der Waals surface area contributed by atoms with E-state index in [9.17, 15) is 15.2 Å². The predicted molar refractivity (Wildman–Crippen MR) is 87.2 cm³/mol. The van der Waals surface area contributed by atoms with Crippen molar-refractivity contribution in [2.24, 2.45) is 0 Å². The van der Waals surface area contributed by atoms with Crippen molar-refractivity contribution in [3.05, 3.63) is 69.8 Å². The Morgan fingerprint density at radius 1 is 1.23 bits per heavy atom. The number of benzene rings is 2. The molecule has 0 saturated heterocycles. The Kier molecular flexibility index (Phi) is 5.49. The number of aliphatic hydroxyl groups is 1. The van der Waals surface area contributed by atoms with E-state index >= 15 is 0 Å². The first-order valence-electron chi connectivity index (χ1n) is 7.26. The van der Waals surface area contributed by atoms with Crippen molar-refractivity contribution in [3.8, 4) is 0 Å². The Labute approximate surface area is 129 Å². The highest BCUT2D eigenvalue weighted by Gasteiger charge is 2.12. The summed E-state index contributed by atoms with van der Waals surface area (Å²) in [5.74, 6) is 0.195. The third-order valence-electron chi connectivity index (χ3n) is 3.71. The molecule has 5 heteroatoms. The molecule has 0 fully saturated rings. The number of hydrogen-bond acceptors (Lipinski definition) is 4. The zero-order valence-electron chi connectivity index (χ0n) is 12.5. The molecule has 2 aromatic rings. The van der Waals surface area contributed by atoms with Crippen LogP contribution in [0.4, 0.5) is 11.4 Å². The van der Waals surface area contributed by atoms with Crippen LogP contribution >= 0.6 is 0 Å². The lowest BCUT2D eigenvalue weighted by atomic mass is 9.96. The summed E-state index contributed by atoms with van der Waals surface area (Å²) in [5, 5.41) is 23.3. The van der Waals surface area contributed by atoms with E-state index in [0.717, 1.165) is 11.3 Å². The fourth-order valence-electron chi connectivity index (χ4n) is 2.46. The van der Waals surface area contributed by atoms with Gasteiger partial charge in [-0.25, -0.2) is 0 Å². The molecule has 22 heavy (non-hydrogen) atoms. The fourth-order valence-corrected chi connectivity index (χ4v) is 2.46. The molecule has 0 amide bonds. The SMILES string of the molecule is Cc1cc([N+](=O)[O-])ccc1NCC(CCO)c1ccccc1. The van der Waals surface area contributed by atoms with Crippen LogP contribution < -0.4 is 5.32 Å². The van der Waals surface area contributed by atoms with Gasteiger partial charge in [-0.15, -0.1) is 0 Å². The highest BCUT2D eigenvalue weighted by molar-refractivity contribution is 5.55. The Morgan fingerprint density at radius 3 is 2.55 bits per heavy atom. The first-order chi connectivity index (χ1) is 10.6. The Bertz CT molecular complexity index is 629. The third-order valence-corrected chi connectivity index (χ3v) is 3.71. The number of aliphatic hydroxyl groups excluding tert-OH is 1. The maximum atomic E-state index is 10.8. The lowest BCUT2D eigenvalue weighted by Crippen LogP contribution is -2.14. The predicted octanol–water partition coefficient (Wildman–Crippen LogP) is 3.48. The third kappa shape index (κ3) is 4.05. The van der Waals surface area contributed by atoms with E-state index in [1.54, 1.807) is 12.1 Å². The van der Waals surface area contributed by atoms with Crippen LogP contribution in [0.3, 0.4) is 0 Å². The van der Waals surface area contributed by atoms with Gasteiger partial charge < -0.3 is 10.4 Å². The van der Waals surface area contributed by atoms with E-state index < -0.39 is 4.92 Å². The molecular formula is C17H20N2O3. The average Bonchev–Trinajstić information content (AvgIpc) is 2.53.